The Hall–Kier alpha value is -3.25. The quantitative estimate of drug-likeness (QED) is 0.453. The number of rotatable bonds is 7. The lowest BCUT2D eigenvalue weighted by Crippen LogP contribution is -2.25. The molecule has 28 heavy (non-hydrogen) atoms. The van der Waals surface area contributed by atoms with Gasteiger partial charge >= 0.3 is 0 Å². The number of methoxy groups -OCH3 is 1. The number of hydrogen-bond donors (Lipinski definition) is 1. The largest absolute Gasteiger partial charge is 0.497 e. The van der Waals surface area contributed by atoms with Gasteiger partial charge in [0, 0.05) is 18.2 Å². The normalized spacial score (nSPS) is 13.0. The molecule has 0 heterocycles. The highest BCUT2D eigenvalue weighted by Gasteiger charge is 2.20. The van der Waals surface area contributed by atoms with Crippen LogP contribution in [0.4, 0.5) is 10.1 Å². The van der Waals surface area contributed by atoms with Gasteiger partial charge in [0.05, 0.1) is 18.1 Å². The standard InChI is InChI=1S/C22H21FN2O3/c1-15(16-6-10-19(23)11-7-16)24-22(17-8-12-21(28-2)13-9-17)18-4-3-5-20(14-18)25(26)27/h3-15,22,24H,1-2H3. The second-order valence-corrected chi connectivity index (χ2v) is 6.50. The summed E-state index contributed by atoms with van der Waals surface area (Å²) in [6.07, 6.45) is 0. The molecular weight excluding hydrogens is 359 g/mol. The van der Waals surface area contributed by atoms with Gasteiger partial charge in [0.25, 0.3) is 5.69 Å². The molecule has 6 heteroatoms. The Balaban J connectivity index is 1.97. The van der Waals surface area contributed by atoms with Crippen LogP contribution in [0.25, 0.3) is 0 Å². The molecule has 0 fully saturated rings. The van der Waals surface area contributed by atoms with Crippen LogP contribution in [0.1, 0.15) is 35.7 Å². The van der Waals surface area contributed by atoms with Gasteiger partial charge in [0.15, 0.2) is 0 Å². The van der Waals surface area contributed by atoms with Crippen molar-refractivity contribution < 1.29 is 14.1 Å². The van der Waals surface area contributed by atoms with E-state index < -0.39 is 4.92 Å². The molecular formula is C22H21FN2O3. The molecule has 0 saturated heterocycles. The smallest absolute Gasteiger partial charge is 0.269 e. The fourth-order valence-corrected chi connectivity index (χ4v) is 3.10. The average molecular weight is 380 g/mol. The predicted octanol–water partition coefficient (Wildman–Crippen LogP) is 5.18. The van der Waals surface area contributed by atoms with Crippen molar-refractivity contribution in [3.8, 4) is 5.75 Å². The first kappa shape index (κ1) is 19.5. The van der Waals surface area contributed by atoms with Crippen molar-refractivity contribution in [1.29, 1.82) is 0 Å². The SMILES string of the molecule is COc1ccc(C(NC(C)c2ccc(F)cc2)c2cccc([N+](=O)[O-])c2)cc1. The molecule has 144 valence electrons. The number of nitrogens with one attached hydrogen (secondary N) is 1. The number of benzene rings is 3. The Labute approximate surface area is 162 Å². The van der Waals surface area contributed by atoms with Gasteiger partial charge in [-0.1, -0.05) is 36.4 Å². The van der Waals surface area contributed by atoms with E-state index in [1.807, 2.05) is 37.3 Å². The zero-order valence-electron chi connectivity index (χ0n) is 15.6. The van der Waals surface area contributed by atoms with Gasteiger partial charge in [0.1, 0.15) is 11.6 Å². The van der Waals surface area contributed by atoms with Crippen molar-refractivity contribution in [3.05, 3.63) is 105 Å². The number of nitrogens with zero attached hydrogens (tertiary/aromatic N) is 1. The Morgan fingerprint density at radius 2 is 1.61 bits per heavy atom. The monoisotopic (exact) mass is 380 g/mol. The fourth-order valence-electron chi connectivity index (χ4n) is 3.10. The molecule has 5 nitrogen and oxygen atoms in total. The predicted molar refractivity (Wildman–Crippen MR) is 106 cm³/mol. The van der Waals surface area contributed by atoms with E-state index in [1.54, 1.807) is 31.4 Å². The molecule has 0 amide bonds. The summed E-state index contributed by atoms with van der Waals surface area (Å²) in [6, 6.07) is 20.0. The minimum atomic E-state index is -0.405. The minimum Gasteiger partial charge on any atom is -0.497 e. The van der Waals surface area contributed by atoms with Crippen molar-refractivity contribution in [3.63, 3.8) is 0 Å². The van der Waals surface area contributed by atoms with Gasteiger partial charge in [-0.25, -0.2) is 4.39 Å². The molecule has 2 unspecified atom stereocenters. The minimum absolute atomic E-state index is 0.0345. The molecule has 1 N–H and O–H groups in total. The van der Waals surface area contributed by atoms with Gasteiger partial charge in [-0.15, -0.1) is 0 Å². The summed E-state index contributed by atoms with van der Waals surface area (Å²) in [6.45, 7) is 1.97. The van der Waals surface area contributed by atoms with E-state index in [0.717, 1.165) is 22.4 Å². The van der Waals surface area contributed by atoms with E-state index in [9.17, 15) is 14.5 Å². The molecule has 0 saturated carbocycles. The van der Waals surface area contributed by atoms with Crippen molar-refractivity contribution >= 4 is 5.69 Å². The molecule has 0 aromatic heterocycles. The van der Waals surface area contributed by atoms with Crippen LogP contribution in [-0.2, 0) is 0 Å². The maximum absolute atomic E-state index is 13.2. The third kappa shape index (κ3) is 4.53. The summed E-state index contributed by atoms with van der Waals surface area (Å²) < 4.78 is 18.5. The zero-order valence-corrected chi connectivity index (χ0v) is 15.6. The molecule has 2 atom stereocenters. The first-order valence-electron chi connectivity index (χ1n) is 8.87. The Bertz CT molecular complexity index is 943. The maximum atomic E-state index is 13.2. The third-order valence-electron chi connectivity index (χ3n) is 4.65. The van der Waals surface area contributed by atoms with Crippen molar-refractivity contribution in [2.45, 2.75) is 19.0 Å². The average Bonchev–Trinajstić information content (AvgIpc) is 2.72. The summed E-state index contributed by atoms with van der Waals surface area (Å²) in [5, 5.41) is 14.7. The third-order valence-corrected chi connectivity index (χ3v) is 4.65. The molecule has 0 aliphatic rings. The van der Waals surface area contributed by atoms with Crippen molar-refractivity contribution in [1.82, 2.24) is 5.32 Å². The highest BCUT2D eigenvalue weighted by atomic mass is 19.1. The summed E-state index contributed by atoms with van der Waals surface area (Å²) in [4.78, 5) is 10.8. The van der Waals surface area contributed by atoms with E-state index in [4.69, 9.17) is 4.74 Å². The van der Waals surface area contributed by atoms with Crippen LogP contribution in [0.5, 0.6) is 5.75 Å². The Morgan fingerprint density at radius 1 is 0.964 bits per heavy atom. The van der Waals surface area contributed by atoms with E-state index >= 15 is 0 Å². The summed E-state index contributed by atoms with van der Waals surface area (Å²) in [5.41, 5.74) is 2.67. The lowest BCUT2D eigenvalue weighted by atomic mass is 9.96. The summed E-state index contributed by atoms with van der Waals surface area (Å²) in [5.74, 6) is 0.439. The highest BCUT2D eigenvalue weighted by Crippen LogP contribution is 2.29. The molecule has 0 aliphatic heterocycles. The second kappa shape index (κ2) is 8.63. The molecule has 3 aromatic carbocycles. The Kier molecular flexibility index (Phi) is 6.01. The summed E-state index contributed by atoms with van der Waals surface area (Å²) >= 11 is 0. The van der Waals surface area contributed by atoms with Gasteiger partial charge in [-0.3, -0.25) is 15.4 Å². The van der Waals surface area contributed by atoms with Gasteiger partial charge in [0.2, 0.25) is 0 Å². The molecule has 3 aromatic rings. The number of ether oxygens (including phenoxy) is 1. The highest BCUT2D eigenvalue weighted by molar-refractivity contribution is 5.41. The van der Waals surface area contributed by atoms with Crippen molar-refractivity contribution in [2.24, 2.45) is 0 Å². The number of hydrogen-bond acceptors (Lipinski definition) is 4. The maximum Gasteiger partial charge on any atom is 0.269 e. The second-order valence-electron chi connectivity index (χ2n) is 6.50. The van der Waals surface area contributed by atoms with Crippen molar-refractivity contribution in [2.75, 3.05) is 7.11 Å². The number of halogens is 1. The van der Waals surface area contributed by atoms with Crippen LogP contribution in [0, 0.1) is 15.9 Å². The molecule has 0 spiro atoms. The van der Waals surface area contributed by atoms with Gasteiger partial charge in [-0.05, 0) is 47.9 Å². The molecule has 0 bridgehead atoms. The van der Waals surface area contributed by atoms with Gasteiger partial charge < -0.3 is 4.74 Å². The first-order valence-corrected chi connectivity index (χ1v) is 8.87. The van der Waals surface area contributed by atoms with Crippen LogP contribution in [-0.4, -0.2) is 12.0 Å². The van der Waals surface area contributed by atoms with Crippen LogP contribution in [0.15, 0.2) is 72.8 Å². The Morgan fingerprint density at radius 3 is 2.21 bits per heavy atom. The van der Waals surface area contributed by atoms with Gasteiger partial charge in [-0.2, -0.15) is 0 Å². The van der Waals surface area contributed by atoms with E-state index in [-0.39, 0.29) is 23.6 Å². The molecule has 0 radical (unpaired) electrons. The van der Waals surface area contributed by atoms with E-state index in [2.05, 4.69) is 5.32 Å². The number of nitro groups is 1. The fraction of sp³-hybridized carbons (Fsp3) is 0.182. The van der Waals surface area contributed by atoms with Crippen LogP contribution in [0.2, 0.25) is 0 Å². The zero-order chi connectivity index (χ0) is 20.1. The summed E-state index contributed by atoms with van der Waals surface area (Å²) in [7, 11) is 1.60. The lowest BCUT2D eigenvalue weighted by Gasteiger charge is -2.25. The molecule has 3 rings (SSSR count). The number of nitro benzene ring substituents is 1. The van der Waals surface area contributed by atoms with Crippen LogP contribution < -0.4 is 10.1 Å². The van der Waals surface area contributed by atoms with E-state index in [1.165, 1.54) is 18.2 Å². The molecule has 0 aliphatic carbocycles. The topological polar surface area (TPSA) is 64.4 Å². The van der Waals surface area contributed by atoms with Crippen LogP contribution >= 0.6 is 0 Å². The number of non-ortho nitro benzene ring substituents is 1. The lowest BCUT2D eigenvalue weighted by molar-refractivity contribution is -0.384. The van der Waals surface area contributed by atoms with Crippen LogP contribution in [0.3, 0.4) is 0 Å². The first-order chi connectivity index (χ1) is 13.5. The van der Waals surface area contributed by atoms with E-state index in [0.29, 0.717) is 0 Å².